The molecule has 1 atom stereocenters. The van der Waals surface area contributed by atoms with Gasteiger partial charge in [-0.1, -0.05) is 19.9 Å². The van der Waals surface area contributed by atoms with E-state index in [1.165, 1.54) is 6.08 Å². The first-order valence-electron chi connectivity index (χ1n) is 8.31. The first-order chi connectivity index (χ1) is 12.3. The number of esters is 1. The van der Waals surface area contributed by atoms with Gasteiger partial charge in [0.05, 0.1) is 6.07 Å². The standard InChI is InChI=1S/C19H22N2O5/c1-13(2)19(3,12-20)21-17(22)11-26-18(23)7-5-14-4-6-15-16(10-14)25-9-8-24-15/h4-7,10,13H,8-9,11H2,1-3H3,(H,21,22)/b7-5+/t19-/m1/s1. The Morgan fingerprint density at radius 1 is 1.35 bits per heavy atom. The van der Waals surface area contributed by atoms with Crippen LogP contribution in [-0.4, -0.2) is 37.2 Å². The Bertz CT molecular complexity index is 751. The molecule has 0 fully saturated rings. The number of carbonyl (C=O) groups is 2. The number of carbonyl (C=O) groups excluding carboxylic acids is 2. The second-order valence-corrected chi connectivity index (χ2v) is 6.36. The molecule has 1 heterocycles. The Morgan fingerprint density at radius 2 is 2.04 bits per heavy atom. The Kier molecular flexibility index (Phi) is 6.23. The van der Waals surface area contributed by atoms with Crippen molar-refractivity contribution in [3.8, 4) is 17.6 Å². The number of amides is 1. The summed E-state index contributed by atoms with van der Waals surface area (Å²) in [5.41, 5.74) is -0.266. The highest BCUT2D eigenvalue weighted by molar-refractivity contribution is 5.89. The first kappa shape index (κ1) is 19.3. The van der Waals surface area contributed by atoms with Gasteiger partial charge < -0.3 is 19.5 Å². The van der Waals surface area contributed by atoms with Crippen LogP contribution in [0.15, 0.2) is 24.3 Å². The molecule has 7 nitrogen and oxygen atoms in total. The predicted octanol–water partition coefficient (Wildman–Crippen LogP) is 2.07. The number of nitrogens with one attached hydrogen (secondary N) is 1. The second kappa shape index (κ2) is 8.39. The molecule has 0 radical (unpaired) electrons. The van der Waals surface area contributed by atoms with Crippen molar-refractivity contribution in [2.24, 2.45) is 5.92 Å². The van der Waals surface area contributed by atoms with Gasteiger partial charge >= 0.3 is 5.97 Å². The molecular weight excluding hydrogens is 336 g/mol. The summed E-state index contributed by atoms with van der Waals surface area (Å²) in [6.45, 7) is 5.82. The molecule has 2 rings (SSSR count). The van der Waals surface area contributed by atoms with E-state index in [1.807, 2.05) is 13.8 Å². The Morgan fingerprint density at radius 3 is 2.69 bits per heavy atom. The SMILES string of the molecule is CC(C)[C@@](C)(C#N)NC(=O)COC(=O)/C=C/c1ccc2c(c1)OCCO2. The maximum absolute atomic E-state index is 11.9. The number of hydrogen-bond donors (Lipinski definition) is 1. The topological polar surface area (TPSA) is 97.7 Å². The molecule has 7 heteroatoms. The molecule has 1 aromatic rings. The molecule has 1 aromatic carbocycles. The number of hydrogen-bond acceptors (Lipinski definition) is 6. The zero-order chi connectivity index (χ0) is 19.2. The van der Waals surface area contributed by atoms with E-state index in [4.69, 9.17) is 14.2 Å². The molecular formula is C19H22N2O5. The van der Waals surface area contributed by atoms with E-state index in [0.29, 0.717) is 24.7 Å². The van der Waals surface area contributed by atoms with Crippen molar-refractivity contribution in [3.63, 3.8) is 0 Å². The van der Waals surface area contributed by atoms with Crippen LogP contribution in [0.5, 0.6) is 11.5 Å². The minimum atomic E-state index is -1.01. The van der Waals surface area contributed by atoms with Gasteiger partial charge in [-0.15, -0.1) is 0 Å². The third-order valence-corrected chi connectivity index (χ3v) is 4.11. The molecule has 1 N–H and O–H groups in total. The number of ether oxygens (including phenoxy) is 3. The molecule has 0 aliphatic carbocycles. The van der Waals surface area contributed by atoms with Crippen LogP contribution >= 0.6 is 0 Å². The van der Waals surface area contributed by atoms with E-state index in [1.54, 1.807) is 31.2 Å². The Balaban J connectivity index is 1.86. The normalized spacial score (nSPS) is 15.2. The van der Waals surface area contributed by atoms with Gasteiger partial charge in [-0.05, 0) is 36.6 Å². The van der Waals surface area contributed by atoms with Crippen LogP contribution in [0.4, 0.5) is 0 Å². The maximum atomic E-state index is 11.9. The minimum Gasteiger partial charge on any atom is -0.486 e. The summed E-state index contributed by atoms with van der Waals surface area (Å²) in [4.78, 5) is 23.6. The number of fused-ring (bicyclic) bond motifs is 1. The van der Waals surface area contributed by atoms with Gasteiger partial charge in [0.2, 0.25) is 0 Å². The highest BCUT2D eigenvalue weighted by atomic mass is 16.6. The monoisotopic (exact) mass is 358 g/mol. The van der Waals surface area contributed by atoms with E-state index in [-0.39, 0.29) is 5.92 Å². The van der Waals surface area contributed by atoms with E-state index in [9.17, 15) is 14.9 Å². The average Bonchev–Trinajstić information content (AvgIpc) is 2.64. The fourth-order valence-electron chi connectivity index (χ4n) is 2.14. The van der Waals surface area contributed by atoms with E-state index < -0.39 is 24.0 Å². The number of nitrogens with zero attached hydrogens (tertiary/aromatic N) is 1. The van der Waals surface area contributed by atoms with Crippen molar-refractivity contribution >= 4 is 18.0 Å². The molecule has 1 aliphatic rings. The Labute approximate surface area is 152 Å². The van der Waals surface area contributed by atoms with Gasteiger partial charge in [-0.2, -0.15) is 5.26 Å². The summed E-state index contributed by atoms with van der Waals surface area (Å²) < 4.78 is 15.8. The van der Waals surface area contributed by atoms with Gasteiger partial charge in [0.25, 0.3) is 5.91 Å². The van der Waals surface area contributed by atoms with Gasteiger partial charge in [0, 0.05) is 6.08 Å². The van der Waals surface area contributed by atoms with Crippen LogP contribution in [0.25, 0.3) is 6.08 Å². The molecule has 138 valence electrons. The van der Waals surface area contributed by atoms with Gasteiger partial charge in [0.1, 0.15) is 18.8 Å². The molecule has 1 amide bonds. The predicted molar refractivity (Wildman–Crippen MR) is 94.4 cm³/mol. The highest BCUT2D eigenvalue weighted by Crippen LogP contribution is 2.31. The molecule has 1 aliphatic heterocycles. The summed E-state index contributed by atoms with van der Waals surface area (Å²) in [6.07, 6.45) is 2.79. The smallest absolute Gasteiger partial charge is 0.331 e. The minimum absolute atomic E-state index is 0.0812. The summed E-state index contributed by atoms with van der Waals surface area (Å²) in [6, 6.07) is 7.36. The number of benzene rings is 1. The lowest BCUT2D eigenvalue weighted by Crippen LogP contribution is -2.50. The maximum Gasteiger partial charge on any atom is 0.331 e. The fourth-order valence-corrected chi connectivity index (χ4v) is 2.14. The third kappa shape index (κ3) is 4.99. The van der Waals surface area contributed by atoms with Gasteiger partial charge in [-0.3, -0.25) is 4.79 Å². The summed E-state index contributed by atoms with van der Waals surface area (Å²) >= 11 is 0. The number of nitriles is 1. The molecule has 0 saturated heterocycles. The first-order valence-corrected chi connectivity index (χ1v) is 8.31. The van der Waals surface area contributed by atoms with Crippen LogP contribution in [0.1, 0.15) is 26.3 Å². The summed E-state index contributed by atoms with van der Waals surface area (Å²) in [5, 5.41) is 11.7. The quantitative estimate of drug-likeness (QED) is 0.617. The van der Waals surface area contributed by atoms with Crippen molar-refractivity contribution in [1.29, 1.82) is 5.26 Å². The molecule has 0 spiro atoms. The van der Waals surface area contributed by atoms with Crippen molar-refractivity contribution in [1.82, 2.24) is 5.32 Å². The lowest BCUT2D eigenvalue weighted by atomic mass is 9.90. The van der Waals surface area contributed by atoms with Crippen molar-refractivity contribution in [3.05, 3.63) is 29.8 Å². The van der Waals surface area contributed by atoms with Crippen molar-refractivity contribution in [2.75, 3.05) is 19.8 Å². The van der Waals surface area contributed by atoms with E-state index in [0.717, 1.165) is 5.56 Å². The molecule has 0 aromatic heterocycles. The largest absolute Gasteiger partial charge is 0.486 e. The van der Waals surface area contributed by atoms with Crippen LogP contribution < -0.4 is 14.8 Å². The lowest BCUT2D eigenvalue weighted by molar-refractivity contribution is -0.144. The Hall–Kier alpha value is -3.01. The third-order valence-electron chi connectivity index (χ3n) is 4.11. The fraction of sp³-hybridized carbons (Fsp3) is 0.421. The zero-order valence-electron chi connectivity index (χ0n) is 15.1. The van der Waals surface area contributed by atoms with Crippen LogP contribution in [0.3, 0.4) is 0 Å². The lowest BCUT2D eigenvalue weighted by Gasteiger charge is -2.27. The van der Waals surface area contributed by atoms with Gasteiger partial charge in [-0.25, -0.2) is 4.79 Å². The highest BCUT2D eigenvalue weighted by Gasteiger charge is 2.30. The van der Waals surface area contributed by atoms with Crippen LogP contribution in [0, 0.1) is 17.2 Å². The van der Waals surface area contributed by atoms with Crippen molar-refractivity contribution < 1.29 is 23.8 Å². The molecule has 0 unspecified atom stereocenters. The number of rotatable bonds is 6. The van der Waals surface area contributed by atoms with E-state index >= 15 is 0 Å². The van der Waals surface area contributed by atoms with Gasteiger partial charge in [0.15, 0.2) is 18.1 Å². The molecule has 0 bridgehead atoms. The van der Waals surface area contributed by atoms with Crippen molar-refractivity contribution in [2.45, 2.75) is 26.3 Å². The second-order valence-electron chi connectivity index (χ2n) is 6.36. The van der Waals surface area contributed by atoms with Crippen LogP contribution in [-0.2, 0) is 14.3 Å². The summed E-state index contributed by atoms with van der Waals surface area (Å²) in [7, 11) is 0. The summed E-state index contributed by atoms with van der Waals surface area (Å²) in [5.74, 6) is 0.0262. The zero-order valence-corrected chi connectivity index (χ0v) is 15.1. The molecule has 0 saturated carbocycles. The van der Waals surface area contributed by atoms with E-state index in [2.05, 4.69) is 11.4 Å². The molecule has 26 heavy (non-hydrogen) atoms. The van der Waals surface area contributed by atoms with Crippen LogP contribution in [0.2, 0.25) is 0 Å². The average molecular weight is 358 g/mol.